The zero-order valence-electron chi connectivity index (χ0n) is 30.8. The van der Waals surface area contributed by atoms with Crippen LogP contribution in [0.5, 0.6) is 17.2 Å². The number of aliphatic hydroxyl groups is 2. The predicted octanol–water partition coefficient (Wildman–Crippen LogP) is 9.50. The number of carbonyl (C=O) groups is 1. The van der Waals surface area contributed by atoms with Gasteiger partial charge in [-0.1, -0.05) is 72.6 Å². The summed E-state index contributed by atoms with van der Waals surface area (Å²) in [7, 11) is 1.60. The number of carbonyl (C=O) groups excluding carboxylic acids is 1. The van der Waals surface area contributed by atoms with Crippen molar-refractivity contribution in [1.29, 1.82) is 0 Å². The second kappa shape index (κ2) is 17.4. The van der Waals surface area contributed by atoms with Crippen LogP contribution in [-0.2, 0) is 9.57 Å². The maximum absolute atomic E-state index is 11.6. The van der Waals surface area contributed by atoms with Crippen molar-refractivity contribution in [2.24, 2.45) is 22.9 Å². The third kappa shape index (κ3) is 7.73. The first-order chi connectivity index (χ1) is 26.5. The Kier molecular flexibility index (Phi) is 12.2. The number of oxime groups is 1. The molecular weight excluding hydrogens is 699 g/mol. The first-order valence-corrected chi connectivity index (χ1v) is 19.9. The van der Waals surface area contributed by atoms with Crippen molar-refractivity contribution in [2.45, 2.75) is 66.8 Å². The monoisotopic (exact) mass is 747 g/mol. The lowest BCUT2D eigenvalue weighted by Gasteiger charge is -2.58. The number of nitrogens with zero attached hydrogens (tertiary/aromatic N) is 1. The smallest absolute Gasteiger partial charge is 0.231 e. The Labute approximate surface area is 321 Å². The summed E-state index contributed by atoms with van der Waals surface area (Å²) in [5, 5.41) is 26.5. The predicted molar refractivity (Wildman–Crippen MR) is 214 cm³/mol. The van der Waals surface area contributed by atoms with Crippen LogP contribution in [0.2, 0.25) is 0 Å². The molecule has 3 aliphatic rings. The molecule has 2 N–H and O–H groups in total. The molecule has 6 atom stereocenters. The van der Waals surface area contributed by atoms with Crippen molar-refractivity contribution in [3.63, 3.8) is 0 Å². The Balaban J connectivity index is 1.40. The number of unbranched alkanes of at least 4 members (excludes halogenated alkanes) is 2. The lowest BCUT2D eigenvalue weighted by atomic mass is 9.56. The van der Waals surface area contributed by atoms with Gasteiger partial charge in [-0.15, -0.1) is 18.3 Å². The lowest BCUT2D eigenvalue weighted by molar-refractivity contribution is -0.223. The molecule has 0 aromatic heterocycles. The number of allylic oxidation sites excluding steroid dienone is 1. The summed E-state index contributed by atoms with van der Waals surface area (Å²) < 4.78 is 20.8. The SMILES string of the molecule is C=CCOC12Oc3ccc(Oc4cccc(C=O)c4)cc3C3C(CCCCO)C(CCCCO)C=C(C(=NOC)CC1Sc1ccc4ccccc4c1)C32. The third-order valence-corrected chi connectivity index (χ3v) is 12.4. The quantitative estimate of drug-likeness (QED) is 0.0476. The number of hydrogen-bond acceptors (Lipinski definition) is 9. The fraction of sp³-hybridized carbons (Fsp3) is 0.378. The summed E-state index contributed by atoms with van der Waals surface area (Å²) in [6, 6.07) is 28.1. The highest BCUT2D eigenvalue weighted by atomic mass is 32.2. The molecule has 54 heavy (non-hydrogen) atoms. The van der Waals surface area contributed by atoms with E-state index in [-0.39, 0.29) is 42.1 Å². The number of hydrogen-bond donors (Lipinski definition) is 2. The normalized spacial score (nSPS) is 24.9. The molecule has 0 radical (unpaired) electrons. The molecule has 0 amide bonds. The summed E-state index contributed by atoms with van der Waals surface area (Å²) in [4.78, 5) is 18.2. The Morgan fingerprint density at radius 3 is 2.50 bits per heavy atom. The maximum atomic E-state index is 11.6. The Morgan fingerprint density at radius 1 is 0.926 bits per heavy atom. The molecule has 4 aromatic carbocycles. The highest BCUT2D eigenvalue weighted by Crippen LogP contribution is 2.63. The van der Waals surface area contributed by atoms with E-state index in [4.69, 9.17) is 24.2 Å². The Morgan fingerprint density at radius 2 is 1.72 bits per heavy atom. The van der Waals surface area contributed by atoms with E-state index in [9.17, 15) is 15.0 Å². The van der Waals surface area contributed by atoms with Crippen molar-refractivity contribution >= 4 is 34.5 Å². The zero-order chi connectivity index (χ0) is 37.5. The first-order valence-electron chi connectivity index (χ1n) is 19.0. The van der Waals surface area contributed by atoms with Crippen LogP contribution < -0.4 is 9.47 Å². The number of aldehydes is 1. The van der Waals surface area contributed by atoms with Gasteiger partial charge in [0.05, 0.1) is 23.5 Å². The fourth-order valence-electron chi connectivity index (χ4n) is 8.79. The molecule has 1 aliphatic heterocycles. The maximum Gasteiger partial charge on any atom is 0.231 e. The van der Waals surface area contributed by atoms with Crippen LogP contribution in [0.3, 0.4) is 0 Å². The van der Waals surface area contributed by atoms with Gasteiger partial charge in [-0.05, 0) is 96.3 Å². The number of ether oxygens (including phenoxy) is 3. The summed E-state index contributed by atoms with van der Waals surface area (Å²) in [5.74, 6) is 0.890. The van der Waals surface area contributed by atoms with Crippen LogP contribution in [-0.4, -0.2) is 60.2 Å². The molecule has 1 saturated carbocycles. The van der Waals surface area contributed by atoms with Gasteiger partial charge >= 0.3 is 0 Å². The van der Waals surface area contributed by atoms with E-state index in [0.717, 1.165) is 71.3 Å². The lowest BCUT2D eigenvalue weighted by Crippen LogP contribution is -2.64. The van der Waals surface area contributed by atoms with Gasteiger partial charge in [0.25, 0.3) is 0 Å². The van der Waals surface area contributed by atoms with Gasteiger partial charge in [-0.3, -0.25) is 4.79 Å². The molecule has 0 saturated heterocycles. The molecule has 8 nitrogen and oxygen atoms in total. The van der Waals surface area contributed by atoms with E-state index in [0.29, 0.717) is 36.5 Å². The van der Waals surface area contributed by atoms with Gasteiger partial charge in [0.2, 0.25) is 5.79 Å². The van der Waals surface area contributed by atoms with Crippen molar-refractivity contribution in [3.8, 4) is 17.2 Å². The second-order valence-electron chi connectivity index (χ2n) is 14.3. The highest BCUT2D eigenvalue weighted by Gasteiger charge is 2.64. The van der Waals surface area contributed by atoms with Crippen LogP contribution in [0.4, 0.5) is 0 Å². The van der Waals surface area contributed by atoms with Gasteiger partial charge in [0.15, 0.2) is 0 Å². The molecule has 7 rings (SSSR count). The minimum Gasteiger partial charge on any atom is -0.460 e. The molecule has 6 unspecified atom stereocenters. The van der Waals surface area contributed by atoms with E-state index in [1.165, 1.54) is 5.39 Å². The van der Waals surface area contributed by atoms with E-state index in [1.807, 2.05) is 24.3 Å². The van der Waals surface area contributed by atoms with E-state index in [1.54, 1.807) is 37.1 Å². The van der Waals surface area contributed by atoms with Gasteiger partial charge in [-0.2, -0.15) is 0 Å². The van der Waals surface area contributed by atoms with Crippen molar-refractivity contribution in [2.75, 3.05) is 26.9 Å². The summed E-state index contributed by atoms with van der Waals surface area (Å²) >= 11 is 1.74. The zero-order valence-corrected chi connectivity index (χ0v) is 31.6. The average molecular weight is 748 g/mol. The summed E-state index contributed by atoms with van der Waals surface area (Å²) in [6.07, 6.45) is 10.5. The first kappa shape index (κ1) is 37.9. The molecule has 1 fully saturated rings. The summed E-state index contributed by atoms with van der Waals surface area (Å²) in [5.41, 5.74) is 3.53. The van der Waals surface area contributed by atoms with Crippen molar-refractivity contribution in [3.05, 3.63) is 120 Å². The van der Waals surface area contributed by atoms with Crippen LogP contribution in [0.15, 0.2) is 119 Å². The number of rotatable bonds is 17. The number of fused-ring (bicyclic) bond motifs is 3. The Hall–Kier alpha value is -4.41. The largest absolute Gasteiger partial charge is 0.460 e. The van der Waals surface area contributed by atoms with E-state index < -0.39 is 5.79 Å². The minimum atomic E-state index is -1.09. The molecule has 1 heterocycles. The van der Waals surface area contributed by atoms with Crippen molar-refractivity contribution < 1.29 is 34.1 Å². The van der Waals surface area contributed by atoms with Crippen LogP contribution in [0, 0.1) is 17.8 Å². The molecular formula is C45H49NO7S. The van der Waals surface area contributed by atoms with Gasteiger partial charge in [-0.25, -0.2) is 0 Å². The molecule has 282 valence electrons. The van der Waals surface area contributed by atoms with Crippen molar-refractivity contribution in [1.82, 2.24) is 0 Å². The third-order valence-electron chi connectivity index (χ3n) is 11.1. The van der Waals surface area contributed by atoms with Gasteiger partial charge < -0.3 is 29.3 Å². The fourth-order valence-corrected chi connectivity index (χ4v) is 10.1. The van der Waals surface area contributed by atoms with Crippen LogP contribution >= 0.6 is 11.8 Å². The number of benzene rings is 4. The molecule has 2 aliphatic carbocycles. The highest BCUT2D eigenvalue weighted by molar-refractivity contribution is 8.00. The van der Waals surface area contributed by atoms with Crippen LogP contribution in [0.25, 0.3) is 10.8 Å². The molecule has 0 spiro atoms. The average Bonchev–Trinajstić information content (AvgIpc) is 3.19. The molecule has 4 aromatic rings. The topological polar surface area (TPSA) is 107 Å². The molecule has 0 bridgehead atoms. The van der Waals surface area contributed by atoms with Crippen LogP contribution in [0.1, 0.15) is 66.8 Å². The Bertz CT molecular complexity index is 2010. The minimum absolute atomic E-state index is 0.0664. The summed E-state index contributed by atoms with van der Waals surface area (Å²) in [6.45, 7) is 4.61. The number of aliphatic hydroxyl groups excluding tert-OH is 2. The standard InChI is InChI=1S/C45H49NO7S/c1-3-23-51-45-42(54-36-19-17-31-12-4-5-13-32(31)25-36)28-40(46-50-2)38-26-33(14-6-8-21-47)37(16-7-9-22-48)43(44(38)45)39-27-35(18-20-41(39)53-45)52-34-15-10-11-30(24-34)29-49/h3-5,10-13,15,17-20,24-27,29,33,37,42-44,47-48H,1,6-9,14,16,21-23,28H2,2H3. The van der Waals surface area contributed by atoms with Gasteiger partial charge in [0, 0.05) is 41.6 Å². The van der Waals surface area contributed by atoms with E-state index in [2.05, 4.69) is 61.2 Å². The number of thioether (sulfide) groups is 1. The van der Waals surface area contributed by atoms with E-state index >= 15 is 0 Å². The molecule has 9 heteroatoms. The van der Waals surface area contributed by atoms with Gasteiger partial charge in [0.1, 0.15) is 30.6 Å². The second-order valence-corrected chi connectivity index (χ2v) is 15.6.